The van der Waals surface area contributed by atoms with Crippen molar-refractivity contribution in [3.05, 3.63) is 77.3 Å². The lowest BCUT2D eigenvalue weighted by Crippen LogP contribution is -2.36. The van der Waals surface area contributed by atoms with E-state index in [1.807, 2.05) is 18.2 Å². The summed E-state index contributed by atoms with van der Waals surface area (Å²) in [5.41, 5.74) is 2.35. The Bertz CT molecular complexity index is 965. The first kappa shape index (κ1) is 20.8. The van der Waals surface area contributed by atoms with Crippen LogP contribution in [0.1, 0.15) is 35.8 Å². The Labute approximate surface area is 182 Å². The second kappa shape index (κ2) is 10.0. The molecule has 1 heterocycles. The van der Waals surface area contributed by atoms with Crippen LogP contribution in [0.2, 0.25) is 0 Å². The van der Waals surface area contributed by atoms with E-state index in [1.165, 1.54) is 10.3 Å². The number of thiazole rings is 1. The van der Waals surface area contributed by atoms with E-state index in [1.54, 1.807) is 11.3 Å². The molecule has 1 aliphatic carbocycles. The zero-order valence-electron chi connectivity index (χ0n) is 17.5. The molecule has 0 bridgehead atoms. The maximum atomic E-state index is 13.0. The molecule has 0 spiro atoms. The standard InChI is InChI=1S/C25H29N3OS/c1-28(18-19-10-3-2-4-11-19)17-9-16-26-24(29)20-12-5-6-13-21(20)25-27-22-14-7-8-15-23(22)30-25/h2-8,10-11,14-15,20-21H,9,12-13,16-18H2,1H3,(H,26,29). The fourth-order valence-corrected chi connectivity index (χ4v) is 5.24. The zero-order valence-corrected chi connectivity index (χ0v) is 18.3. The van der Waals surface area contributed by atoms with Crippen molar-refractivity contribution >= 4 is 27.5 Å². The van der Waals surface area contributed by atoms with Gasteiger partial charge in [-0.1, -0.05) is 54.6 Å². The second-order valence-electron chi connectivity index (χ2n) is 8.04. The molecule has 1 amide bonds. The maximum Gasteiger partial charge on any atom is 0.224 e. The molecule has 0 aliphatic heterocycles. The molecule has 2 aromatic carbocycles. The average Bonchev–Trinajstić information content (AvgIpc) is 3.21. The number of hydrogen-bond acceptors (Lipinski definition) is 4. The smallest absolute Gasteiger partial charge is 0.224 e. The molecule has 0 saturated carbocycles. The molecule has 4 rings (SSSR count). The number of nitrogens with one attached hydrogen (secondary N) is 1. The molecule has 1 aromatic heterocycles. The van der Waals surface area contributed by atoms with Gasteiger partial charge in [-0.15, -0.1) is 11.3 Å². The quantitative estimate of drug-likeness (QED) is 0.413. The van der Waals surface area contributed by atoms with E-state index in [2.05, 4.69) is 65.8 Å². The number of aromatic nitrogens is 1. The van der Waals surface area contributed by atoms with E-state index in [0.29, 0.717) is 6.54 Å². The average molecular weight is 420 g/mol. The summed E-state index contributed by atoms with van der Waals surface area (Å²) in [5, 5.41) is 4.27. The normalized spacial score (nSPS) is 18.7. The van der Waals surface area contributed by atoms with Gasteiger partial charge in [0, 0.05) is 19.0 Å². The summed E-state index contributed by atoms with van der Waals surface area (Å²) in [4.78, 5) is 20.1. The number of para-hydroxylation sites is 1. The Kier molecular flexibility index (Phi) is 6.92. The molecule has 0 radical (unpaired) electrons. The van der Waals surface area contributed by atoms with Crippen LogP contribution in [0.4, 0.5) is 0 Å². The van der Waals surface area contributed by atoms with E-state index in [4.69, 9.17) is 4.98 Å². The third kappa shape index (κ3) is 5.15. The molecule has 0 fully saturated rings. The predicted octanol–water partition coefficient (Wildman–Crippen LogP) is 4.98. The molecule has 156 valence electrons. The first-order chi connectivity index (χ1) is 14.7. The van der Waals surface area contributed by atoms with Crippen LogP contribution in [0.3, 0.4) is 0 Å². The van der Waals surface area contributed by atoms with E-state index >= 15 is 0 Å². The highest BCUT2D eigenvalue weighted by molar-refractivity contribution is 7.18. The van der Waals surface area contributed by atoms with Gasteiger partial charge in [0.25, 0.3) is 0 Å². The van der Waals surface area contributed by atoms with Crippen LogP contribution in [0.5, 0.6) is 0 Å². The summed E-state index contributed by atoms with van der Waals surface area (Å²) in [7, 11) is 2.13. The second-order valence-corrected chi connectivity index (χ2v) is 9.11. The van der Waals surface area contributed by atoms with E-state index < -0.39 is 0 Å². The van der Waals surface area contributed by atoms with Gasteiger partial charge in [-0.25, -0.2) is 4.98 Å². The summed E-state index contributed by atoms with van der Waals surface area (Å²) in [5.74, 6) is 0.306. The van der Waals surface area contributed by atoms with Crippen molar-refractivity contribution in [2.24, 2.45) is 5.92 Å². The van der Waals surface area contributed by atoms with Crippen LogP contribution in [0.15, 0.2) is 66.7 Å². The van der Waals surface area contributed by atoms with Gasteiger partial charge < -0.3 is 10.2 Å². The van der Waals surface area contributed by atoms with Crippen molar-refractivity contribution in [3.63, 3.8) is 0 Å². The number of rotatable bonds is 8. The number of nitrogens with zero attached hydrogens (tertiary/aromatic N) is 2. The Balaban J connectivity index is 1.29. The minimum atomic E-state index is -0.0300. The molecular weight excluding hydrogens is 390 g/mol. The molecule has 1 aliphatic rings. The Morgan fingerprint density at radius 1 is 1.10 bits per heavy atom. The number of carbonyl (C=O) groups excluding carboxylic acids is 1. The highest BCUT2D eigenvalue weighted by atomic mass is 32.1. The lowest BCUT2D eigenvalue weighted by Gasteiger charge is -2.26. The number of benzene rings is 2. The molecule has 2 unspecified atom stereocenters. The van der Waals surface area contributed by atoms with Crippen LogP contribution in [-0.4, -0.2) is 35.9 Å². The molecule has 3 aromatic rings. The van der Waals surface area contributed by atoms with Crippen molar-refractivity contribution in [2.75, 3.05) is 20.1 Å². The van der Waals surface area contributed by atoms with Crippen molar-refractivity contribution < 1.29 is 4.79 Å². The van der Waals surface area contributed by atoms with Crippen molar-refractivity contribution in [1.82, 2.24) is 15.2 Å². The van der Waals surface area contributed by atoms with E-state index in [0.717, 1.165) is 42.9 Å². The zero-order chi connectivity index (χ0) is 20.8. The third-order valence-corrected chi connectivity index (χ3v) is 6.88. The molecule has 0 saturated heterocycles. The minimum absolute atomic E-state index is 0.0300. The third-order valence-electron chi connectivity index (χ3n) is 5.71. The van der Waals surface area contributed by atoms with Crippen LogP contribution in [0.25, 0.3) is 10.2 Å². The predicted molar refractivity (Wildman–Crippen MR) is 125 cm³/mol. The molecule has 2 atom stereocenters. The van der Waals surface area contributed by atoms with Crippen molar-refractivity contribution in [3.8, 4) is 0 Å². The topological polar surface area (TPSA) is 45.2 Å². The number of fused-ring (bicyclic) bond motifs is 1. The first-order valence-electron chi connectivity index (χ1n) is 10.7. The van der Waals surface area contributed by atoms with Gasteiger partial charge in [-0.3, -0.25) is 4.79 Å². The summed E-state index contributed by atoms with van der Waals surface area (Å²) in [6.45, 7) is 2.60. The van der Waals surface area contributed by atoms with Crippen LogP contribution < -0.4 is 5.32 Å². The van der Waals surface area contributed by atoms with E-state index in [-0.39, 0.29) is 17.7 Å². The van der Waals surface area contributed by atoms with Gasteiger partial charge in [0.15, 0.2) is 0 Å². The van der Waals surface area contributed by atoms with Gasteiger partial charge in [0.1, 0.15) is 0 Å². The van der Waals surface area contributed by atoms with Gasteiger partial charge in [0.05, 0.1) is 21.1 Å². The number of carbonyl (C=O) groups is 1. The summed E-state index contributed by atoms with van der Waals surface area (Å²) >= 11 is 1.73. The summed E-state index contributed by atoms with van der Waals surface area (Å²) in [6.07, 6.45) is 6.96. The van der Waals surface area contributed by atoms with Gasteiger partial charge in [-0.2, -0.15) is 0 Å². The SMILES string of the molecule is CN(CCCNC(=O)C1CC=CCC1c1nc2ccccc2s1)Cc1ccccc1. The van der Waals surface area contributed by atoms with Crippen LogP contribution >= 0.6 is 11.3 Å². The highest BCUT2D eigenvalue weighted by Crippen LogP contribution is 2.38. The van der Waals surface area contributed by atoms with Crippen molar-refractivity contribution in [1.29, 1.82) is 0 Å². The largest absolute Gasteiger partial charge is 0.356 e. The fourth-order valence-electron chi connectivity index (χ4n) is 4.09. The van der Waals surface area contributed by atoms with Gasteiger partial charge >= 0.3 is 0 Å². The Morgan fingerprint density at radius 2 is 1.87 bits per heavy atom. The van der Waals surface area contributed by atoms with Crippen LogP contribution in [0, 0.1) is 5.92 Å². The highest BCUT2D eigenvalue weighted by Gasteiger charge is 2.32. The molecule has 1 N–H and O–H groups in total. The summed E-state index contributed by atoms with van der Waals surface area (Å²) in [6, 6.07) is 18.7. The molecule has 30 heavy (non-hydrogen) atoms. The first-order valence-corrected chi connectivity index (χ1v) is 11.5. The Morgan fingerprint density at radius 3 is 2.70 bits per heavy atom. The fraction of sp³-hybridized carbons (Fsp3) is 0.360. The minimum Gasteiger partial charge on any atom is -0.356 e. The van der Waals surface area contributed by atoms with E-state index in [9.17, 15) is 4.79 Å². The molecular formula is C25H29N3OS. The molecule has 5 heteroatoms. The Hall–Kier alpha value is -2.50. The summed E-state index contributed by atoms with van der Waals surface area (Å²) < 4.78 is 1.20. The lowest BCUT2D eigenvalue weighted by atomic mass is 9.82. The van der Waals surface area contributed by atoms with Gasteiger partial charge in [-0.05, 0) is 50.6 Å². The van der Waals surface area contributed by atoms with Crippen molar-refractivity contribution in [2.45, 2.75) is 31.7 Å². The number of allylic oxidation sites excluding steroid dienone is 2. The monoisotopic (exact) mass is 419 g/mol. The molecule has 4 nitrogen and oxygen atoms in total. The number of amides is 1. The van der Waals surface area contributed by atoms with Crippen LogP contribution in [-0.2, 0) is 11.3 Å². The lowest BCUT2D eigenvalue weighted by molar-refractivity contribution is -0.125. The van der Waals surface area contributed by atoms with Gasteiger partial charge in [0.2, 0.25) is 5.91 Å². The number of hydrogen-bond donors (Lipinski definition) is 1. The maximum absolute atomic E-state index is 13.0.